The second-order valence-electron chi connectivity index (χ2n) is 5.68. The molecule has 0 aliphatic carbocycles. The molecule has 0 bridgehead atoms. The molecule has 0 unspecified atom stereocenters. The fraction of sp³-hybridized carbons (Fsp3) is 0.533. The van der Waals surface area contributed by atoms with Crippen LogP contribution in [-0.2, 0) is 0 Å². The van der Waals surface area contributed by atoms with E-state index in [4.69, 9.17) is 34.8 Å². The first kappa shape index (κ1) is 19.2. The summed E-state index contributed by atoms with van der Waals surface area (Å²) in [6.07, 6.45) is 3.32. The number of rotatable bonds is 4. The maximum absolute atomic E-state index is 12.5. The van der Waals surface area contributed by atoms with E-state index < -0.39 is 20.8 Å². The van der Waals surface area contributed by atoms with Crippen LogP contribution >= 0.6 is 34.8 Å². The molecule has 1 saturated heterocycles. The largest absolute Gasteiger partial charge is 0.332 e. The van der Waals surface area contributed by atoms with Crippen molar-refractivity contribution in [3.8, 4) is 0 Å². The molecule has 1 aliphatic rings. The smallest absolute Gasteiger partial charge is 0.270 e. The Morgan fingerprint density at radius 2 is 1.83 bits per heavy atom. The number of nitro benzene ring substituents is 1. The summed E-state index contributed by atoms with van der Waals surface area (Å²) in [7, 11) is 0. The standard InChI is InChI=1S/C15H18Cl3N3O3/c16-15(17,18)14(20-8-3-1-2-4-9-20)19-13(22)11-6-5-7-12(10-11)21(23)24/h5-7,10,14H,1-4,8-9H2,(H,19,22)/t14-/m0/s1. The van der Waals surface area contributed by atoms with E-state index >= 15 is 0 Å². The van der Waals surface area contributed by atoms with E-state index in [2.05, 4.69) is 5.32 Å². The summed E-state index contributed by atoms with van der Waals surface area (Å²) in [5, 5.41) is 13.6. The van der Waals surface area contributed by atoms with Gasteiger partial charge in [0.05, 0.1) is 4.92 Å². The van der Waals surface area contributed by atoms with Crippen LogP contribution in [0.5, 0.6) is 0 Å². The van der Waals surface area contributed by atoms with Gasteiger partial charge in [0.1, 0.15) is 6.17 Å². The molecule has 1 amide bonds. The number of hydrogen-bond acceptors (Lipinski definition) is 4. The first-order chi connectivity index (χ1) is 11.3. The molecule has 6 nitrogen and oxygen atoms in total. The van der Waals surface area contributed by atoms with Crippen molar-refractivity contribution >= 4 is 46.4 Å². The molecular weight excluding hydrogens is 377 g/mol. The average Bonchev–Trinajstić information content (AvgIpc) is 2.80. The van der Waals surface area contributed by atoms with Crippen LogP contribution in [0.25, 0.3) is 0 Å². The Bertz CT molecular complexity index is 599. The highest BCUT2D eigenvalue weighted by atomic mass is 35.6. The first-order valence-electron chi connectivity index (χ1n) is 7.65. The molecule has 1 aliphatic heterocycles. The number of likely N-dealkylation sites (tertiary alicyclic amines) is 1. The normalized spacial score (nSPS) is 17.8. The van der Waals surface area contributed by atoms with Gasteiger partial charge in [-0.1, -0.05) is 53.7 Å². The van der Waals surface area contributed by atoms with Gasteiger partial charge in [0.2, 0.25) is 3.79 Å². The van der Waals surface area contributed by atoms with Crippen LogP contribution in [0.1, 0.15) is 36.0 Å². The SMILES string of the molecule is O=C(N[C@@H](N1CCCCCC1)C(Cl)(Cl)Cl)c1cccc([N+](=O)[O-])c1. The fourth-order valence-electron chi connectivity index (χ4n) is 2.70. The Labute approximate surface area is 155 Å². The number of nitrogens with zero attached hydrogens (tertiary/aromatic N) is 2. The number of halogens is 3. The monoisotopic (exact) mass is 393 g/mol. The molecule has 9 heteroatoms. The van der Waals surface area contributed by atoms with E-state index in [0.717, 1.165) is 25.7 Å². The predicted octanol–water partition coefficient (Wildman–Crippen LogP) is 3.90. The molecule has 24 heavy (non-hydrogen) atoms. The van der Waals surface area contributed by atoms with Crippen molar-refractivity contribution in [1.82, 2.24) is 10.2 Å². The Hall–Kier alpha value is -1.08. The number of benzene rings is 1. The molecular formula is C15H18Cl3N3O3. The number of nitrogens with one attached hydrogen (secondary N) is 1. The van der Waals surface area contributed by atoms with E-state index in [-0.39, 0.29) is 11.3 Å². The van der Waals surface area contributed by atoms with Crippen LogP contribution < -0.4 is 5.32 Å². The van der Waals surface area contributed by atoms with Crippen molar-refractivity contribution in [3.05, 3.63) is 39.9 Å². The minimum absolute atomic E-state index is 0.151. The number of amides is 1. The lowest BCUT2D eigenvalue weighted by Gasteiger charge is -2.35. The highest BCUT2D eigenvalue weighted by molar-refractivity contribution is 6.68. The molecule has 1 aromatic carbocycles. The minimum atomic E-state index is -1.71. The molecule has 1 heterocycles. The summed E-state index contributed by atoms with van der Waals surface area (Å²) >= 11 is 18.2. The molecule has 0 spiro atoms. The van der Waals surface area contributed by atoms with Crippen LogP contribution in [0.15, 0.2) is 24.3 Å². The Balaban J connectivity index is 2.18. The predicted molar refractivity (Wildman–Crippen MR) is 94.7 cm³/mol. The van der Waals surface area contributed by atoms with Gasteiger partial charge in [-0.25, -0.2) is 0 Å². The van der Waals surface area contributed by atoms with Crippen molar-refractivity contribution in [2.45, 2.75) is 35.6 Å². The maximum atomic E-state index is 12.5. The molecule has 1 aromatic rings. The van der Waals surface area contributed by atoms with Crippen LogP contribution in [0, 0.1) is 10.1 Å². The van der Waals surface area contributed by atoms with E-state index in [0.29, 0.717) is 13.1 Å². The molecule has 1 N–H and O–H groups in total. The average molecular weight is 395 g/mol. The van der Waals surface area contributed by atoms with Gasteiger partial charge in [0, 0.05) is 30.8 Å². The summed E-state index contributed by atoms with van der Waals surface area (Å²) in [4.78, 5) is 24.7. The molecule has 2 rings (SSSR count). The molecule has 1 fully saturated rings. The highest BCUT2D eigenvalue weighted by Gasteiger charge is 2.38. The van der Waals surface area contributed by atoms with Crippen LogP contribution in [0.4, 0.5) is 5.69 Å². The summed E-state index contributed by atoms with van der Waals surface area (Å²) in [5.74, 6) is -0.515. The zero-order chi connectivity index (χ0) is 17.7. The quantitative estimate of drug-likeness (QED) is 0.477. The summed E-state index contributed by atoms with van der Waals surface area (Å²) < 4.78 is -1.71. The van der Waals surface area contributed by atoms with Gasteiger partial charge in [-0.05, 0) is 18.9 Å². The topological polar surface area (TPSA) is 75.5 Å². The first-order valence-corrected chi connectivity index (χ1v) is 8.78. The molecule has 132 valence electrons. The van der Waals surface area contributed by atoms with Gasteiger partial charge in [0.25, 0.3) is 11.6 Å². The summed E-state index contributed by atoms with van der Waals surface area (Å²) in [6.45, 7) is 1.43. The lowest BCUT2D eigenvalue weighted by molar-refractivity contribution is -0.384. The number of hydrogen-bond donors (Lipinski definition) is 1. The third-order valence-corrected chi connectivity index (χ3v) is 4.52. The van der Waals surface area contributed by atoms with Crippen molar-refractivity contribution in [1.29, 1.82) is 0 Å². The van der Waals surface area contributed by atoms with Crippen molar-refractivity contribution in [3.63, 3.8) is 0 Å². The number of carbonyl (C=O) groups is 1. The molecule has 0 radical (unpaired) electrons. The third kappa shape index (κ3) is 5.21. The Morgan fingerprint density at radius 1 is 1.21 bits per heavy atom. The fourth-order valence-corrected chi connectivity index (χ4v) is 3.28. The second-order valence-corrected chi connectivity index (χ2v) is 8.04. The Kier molecular flexibility index (Phi) is 6.69. The minimum Gasteiger partial charge on any atom is -0.332 e. The zero-order valence-electron chi connectivity index (χ0n) is 12.9. The van der Waals surface area contributed by atoms with Gasteiger partial charge >= 0.3 is 0 Å². The number of alkyl halides is 3. The zero-order valence-corrected chi connectivity index (χ0v) is 15.2. The number of carbonyl (C=O) groups excluding carboxylic acids is 1. The number of non-ortho nitro benzene ring substituents is 1. The lowest BCUT2D eigenvalue weighted by Crippen LogP contribution is -2.55. The van der Waals surface area contributed by atoms with Gasteiger partial charge in [-0.3, -0.25) is 19.8 Å². The van der Waals surface area contributed by atoms with E-state index in [1.165, 1.54) is 24.3 Å². The maximum Gasteiger partial charge on any atom is 0.270 e. The number of nitro groups is 1. The molecule has 0 saturated carbocycles. The van der Waals surface area contributed by atoms with Crippen LogP contribution in [0.3, 0.4) is 0 Å². The van der Waals surface area contributed by atoms with Crippen LogP contribution in [0.2, 0.25) is 0 Å². The van der Waals surface area contributed by atoms with Gasteiger partial charge < -0.3 is 5.32 Å². The van der Waals surface area contributed by atoms with Gasteiger partial charge in [0.15, 0.2) is 0 Å². The van der Waals surface area contributed by atoms with Crippen molar-refractivity contribution in [2.24, 2.45) is 0 Å². The highest BCUT2D eigenvalue weighted by Crippen LogP contribution is 2.33. The van der Waals surface area contributed by atoms with E-state index in [9.17, 15) is 14.9 Å². The Morgan fingerprint density at radius 3 is 2.38 bits per heavy atom. The second kappa shape index (κ2) is 8.34. The lowest BCUT2D eigenvalue weighted by atomic mass is 10.2. The third-order valence-electron chi connectivity index (χ3n) is 3.90. The van der Waals surface area contributed by atoms with Crippen molar-refractivity contribution < 1.29 is 9.72 Å². The summed E-state index contributed by atoms with van der Waals surface area (Å²) in [5.41, 5.74) is -0.0128. The van der Waals surface area contributed by atoms with Gasteiger partial charge in [-0.15, -0.1) is 0 Å². The van der Waals surface area contributed by atoms with E-state index in [1.807, 2.05) is 4.90 Å². The summed E-state index contributed by atoms with van der Waals surface area (Å²) in [6, 6.07) is 5.45. The molecule has 1 atom stereocenters. The van der Waals surface area contributed by atoms with Gasteiger partial charge in [-0.2, -0.15) is 0 Å². The molecule has 0 aromatic heterocycles. The van der Waals surface area contributed by atoms with Crippen LogP contribution in [-0.4, -0.2) is 38.8 Å². The van der Waals surface area contributed by atoms with Crippen molar-refractivity contribution in [2.75, 3.05) is 13.1 Å². The van der Waals surface area contributed by atoms with E-state index in [1.54, 1.807) is 0 Å².